The number of hydrogen-bond donors (Lipinski definition) is 2. The molecule has 6 heteroatoms. The van der Waals surface area contributed by atoms with Crippen molar-refractivity contribution in [3.8, 4) is 0 Å². The van der Waals surface area contributed by atoms with Crippen LogP contribution in [-0.2, 0) is 7.05 Å². The molecule has 0 saturated heterocycles. The third-order valence-electron chi connectivity index (χ3n) is 1.51. The second-order valence-electron chi connectivity index (χ2n) is 2.45. The van der Waals surface area contributed by atoms with E-state index in [0.29, 0.717) is 12.2 Å². The molecule has 1 aromatic heterocycles. The first kappa shape index (κ1) is 10.0. The van der Waals surface area contributed by atoms with Gasteiger partial charge in [0.15, 0.2) is 0 Å². The smallest absolute Gasteiger partial charge is 0.287 e. The first-order chi connectivity index (χ1) is 6.16. The SMILES string of the molecule is Cn1ncc(NCCO)c(Cl)c1=O. The van der Waals surface area contributed by atoms with Gasteiger partial charge in [0, 0.05) is 13.6 Å². The van der Waals surface area contributed by atoms with E-state index in [-0.39, 0.29) is 17.2 Å². The Bertz CT molecular complexity index is 350. The summed E-state index contributed by atoms with van der Waals surface area (Å²) in [4.78, 5) is 11.2. The Balaban J connectivity index is 2.97. The van der Waals surface area contributed by atoms with E-state index in [4.69, 9.17) is 16.7 Å². The molecule has 0 aromatic carbocycles. The van der Waals surface area contributed by atoms with Gasteiger partial charge >= 0.3 is 0 Å². The summed E-state index contributed by atoms with van der Waals surface area (Å²) in [6, 6.07) is 0. The summed E-state index contributed by atoms with van der Waals surface area (Å²) in [6.45, 7) is 0.320. The highest BCUT2D eigenvalue weighted by Crippen LogP contribution is 2.13. The monoisotopic (exact) mass is 203 g/mol. The Morgan fingerprint density at radius 3 is 3.08 bits per heavy atom. The molecule has 0 aliphatic rings. The minimum Gasteiger partial charge on any atom is -0.395 e. The van der Waals surface area contributed by atoms with Gasteiger partial charge in [-0.05, 0) is 0 Å². The minimum atomic E-state index is -0.357. The van der Waals surface area contributed by atoms with Crippen LogP contribution in [0.3, 0.4) is 0 Å². The van der Waals surface area contributed by atoms with Gasteiger partial charge in [0.05, 0.1) is 18.5 Å². The number of nitrogens with one attached hydrogen (secondary N) is 1. The van der Waals surface area contributed by atoms with Gasteiger partial charge in [-0.2, -0.15) is 5.10 Å². The van der Waals surface area contributed by atoms with Gasteiger partial charge < -0.3 is 10.4 Å². The van der Waals surface area contributed by atoms with Gasteiger partial charge in [-0.3, -0.25) is 4.79 Å². The first-order valence-corrected chi connectivity index (χ1v) is 4.11. The topological polar surface area (TPSA) is 67.2 Å². The van der Waals surface area contributed by atoms with Crippen LogP contribution < -0.4 is 10.9 Å². The second kappa shape index (κ2) is 4.25. The largest absolute Gasteiger partial charge is 0.395 e. The van der Waals surface area contributed by atoms with Crippen molar-refractivity contribution >= 4 is 17.3 Å². The molecule has 13 heavy (non-hydrogen) atoms. The molecule has 0 amide bonds. The predicted molar refractivity (Wildman–Crippen MR) is 50.1 cm³/mol. The van der Waals surface area contributed by atoms with Gasteiger partial charge in [-0.25, -0.2) is 4.68 Å². The van der Waals surface area contributed by atoms with Gasteiger partial charge in [-0.15, -0.1) is 0 Å². The number of aliphatic hydroxyl groups is 1. The molecule has 0 radical (unpaired) electrons. The van der Waals surface area contributed by atoms with E-state index in [2.05, 4.69) is 10.4 Å². The molecule has 2 N–H and O–H groups in total. The Morgan fingerprint density at radius 2 is 2.46 bits per heavy atom. The van der Waals surface area contributed by atoms with Gasteiger partial charge in [0.1, 0.15) is 5.02 Å². The van der Waals surface area contributed by atoms with E-state index in [1.165, 1.54) is 13.2 Å². The third kappa shape index (κ3) is 2.19. The number of aliphatic hydroxyl groups excluding tert-OH is 1. The van der Waals surface area contributed by atoms with Crippen molar-refractivity contribution in [2.45, 2.75) is 0 Å². The molecular formula is C7H10ClN3O2. The minimum absolute atomic E-state index is 0.0223. The zero-order valence-electron chi connectivity index (χ0n) is 7.12. The summed E-state index contributed by atoms with van der Waals surface area (Å²) in [5.41, 5.74) is 0.0865. The molecule has 1 heterocycles. The van der Waals surface area contributed by atoms with Crippen LogP contribution in [0.5, 0.6) is 0 Å². The van der Waals surface area contributed by atoms with Crippen molar-refractivity contribution in [3.63, 3.8) is 0 Å². The van der Waals surface area contributed by atoms with Crippen molar-refractivity contribution in [2.75, 3.05) is 18.5 Å². The normalized spacial score (nSPS) is 10.1. The molecule has 5 nitrogen and oxygen atoms in total. The summed E-state index contributed by atoms with van der Waals surface area (Å²) in [5.74, 6) is 0. The fourth-order valence-electron chi connectivity index (χ4n) is 0.825. The maximum absolute atomic E-state index is 11.2. The van der Waals surface area contributed by atoms with E-state index in [9.17, 15) is 4.79 Å². The van der Waals surface area contributed by atoms with Crippen LogP contribution in [0, 0.1) is 0 Å². The van der Waals surface area contributed by atoms with E-state index in [1.807, 2.05) is 0 Å². The Hall–Kier alpha value is -1.07. The van der Waals surface area contributed by atoms with Crippen LogP contribution in [0.1, 0.15) is 0 Å². The molecule has 0 bridgehead atoms. The lowest BCUT2D eigenvalue weighted by atomic mass is 10.4. The standard InChI is InChI=1S/C7H10ClN3O2/c1-11-7(13)6(8)5(4-10-11)9-2-3-12/h4,9,12H,2-3H2,1H3. The first-order valence-electron chi connectivity index (χ1n) is 3.73. The molecule has 0 aliphatic carbocycles. The zero-order chi connectivity index (χ0) is 9.84. The number of anilines is 1. The molecule has 0 unspecified atom stereocenters. The molecule has 0 spiro atoms. The maximum atomic E-state index is 11.2. The van der Waals surface area contributed by atoms with E-state index in [0.717, 1.165) is 4.68 Å². The van der Waals surface area contributed by atoms with E-state index >= 15 is 0 Å². The van der Waals surface area contributed by atoms with Crippen molar-refractivity contribution in [3.05, 3.63) is 21.6 Å². The number of hydrogen-bond acceptors (Lipinski definition) is 4. The number of aromatic nitrogens is 2. The lowest BCUT2D eigenvalue weighted by Crippen LogP contribution is -2.21. The molecule has 0 saturated carbocycles. The van der Waals surface area contributed by atoms with Gasteiger partial charge in [0.25, 0.3) is 5.56 Å². The lowest BCUT2D eigenvalue weighted by Gasteiger charge is -2.05. The van der Waals surface area contributed by atoms with Crippen LogP contribution in [0.4, 0.5) is 5.69 Å². The molecule has 0 atom stereocenters. The molecule has 0 aliphatic heterocycles. The van der Waals surface area contributed by atoms with Crippen molar-refractivity contribution in [1.29, 1.82) is 0 Å². The second-order valence-corrected chi connectivity index (χ2v) is 2.83. The number of halogens is 1. The summed E-state index contributed by atoms with van der Waals surface area (Å²) in [5, 5.41) is 15.2. The highest BCUT2D eigenvalue weighted by Gasteiger charge is 2.05. The summed E-state index contributed by atoms with van der Waals surface area (Å²) in [6.07, 6.45) is 1.44. The number of rotatable bonds is 3. The van der Waals surface area contributed by atoms with Gasteiger partial charge in [-0.1, -0.05) is 11.6 Å². The third-order valence-corrected chi connectivity index (χ3v) is 1.87. The van der Waals surface area contributed by atoms with Crippen LogP contribution in [0.2, 0.25) is 5.02 Å². The summed E-state index contributed by atoms with van der Waals surface area (Å²) < 4.78 is 1.15. The van der Waals surface area contributed by atoms with E-state index in [1.54, 1.807) is 0 Å². The molecular weight excluding hydrogens is 194 g/mol. The number of nitrogens with zero attached hydrogens (tertiary/aromatic N) is 2. The maximum Gasteiger partial charge on any atom is 0.287 e. The Morgan fingerprint density at radius 1 is 1.77 bits per heavy atom. The predicted octanol–water partition coefficient (Wildman–Crippen LogP) is -0.162. The highest BCUT2D eigenvalue weighted by atomic mass is 35.5. The number of aryl methyl sites for hydroxylation is 1. The molecule has 1 rings (SSSR count). The van der Waals surface area contributed by atoms with Crippen LogP contribution in [-0.4, -0.2) is 28.0 Å². The van der Waals surface area contributed by atoms with Crippen LogP contribution in [0.15, 0.2) is 11.0 Å². The fourth-order valence-corrected chi connectivity index (χ4v) is 1.06. The summed E-state index contributed by atoms with van der Waals surface area (Å²) >= 11 is 5.72. The average molecular weight is 204 g/mol. The molecule has 0 fully saturated rings. The summed E-state index contributed by atoms with van der Waals surface area (Å²) in [7, 11) is 1.52. The van der Waals surface area contributed by atoms with Crippen molar-refractivity contribution in [2.24, 2.45) is 7.05 Å². The van der Waals surface area contributed by atoms with Gasteiger partial charge in [0.2, 0.25) is 0 Å². The molecule has 72 valence electrons. The van der Waals surface area contributed by atoms with Crippen LogP contribution in [0.25, 0.3) is 0 Å². The Labute approximate surface area is 80.0 Å². The van der Waals surface area contributed by atoms with Crippen molar-refractivity contribution in [1.82, 2.24) is 9.78 Å². The fraction of sp³-hybridized carbons (Fsp3) is 0.429. The highest BCUT2D eigenvalue weighted by molar-refractivity contribution is 6.32. The quantitative estimate of drug-likeness (QED) is 0.717. The average Bonchev–Trinajstić information content (AvgIpc) is 2.13. The molecule has 1 aromatic rings. The van der Waals surface area contributed by atoms with Crippen LogP contribution >= 0.6 is 11.6 Å². The van der Waals surface area contributed by atoms with Crippen molar-refractivity contribution < 1.29 is 5.11 Å². The lowest BCUT2D eigenvalue weighted by molar-refractivity contribution is 0.311. The Kier molecular flexibility index (Phi) is 3.27. The zero-order valence-corrected chi connectivity index (χ0v) is 7.88. The van der Waals surface area contributed by atoms with E-state index < -0.39 is 0 Å².